The van der Waals surface area contributed by atoms with E-state index in [0.29, 0.717) is 24.5 Å². The first kappa shape index (κ1) is 17.9. The number of fused-ring (bicyclic) bond motifs is 1. The van der Waals surface area contributed by atoms with Crippen LogP contribution >= 0.6 is 0 Å². The molecule has 2 aromatic heterocycles. The molecule has 0 spiro atoms. The molecule has 0 N–H and O–H groups in total. The second kappa shape index (κ2) is 7.35. The first-order chi connectivity index (χ1) is 14.2. The quantitative estimate of drug-likeness (QED) is 0.677. The minimum absolute atomic E-state index is 0.0651. The molecule has 8 heteroatoms. The molecule has 0 atom stereocenters. The zero-order chi connectivity index (χ0) is 19.8. The molecular weight excluding hydrogens is 368 g/mol. The van der Waals surface area contributed by atoms with E-state index < -0.39 is 0 Å². The number of nitrogens with zero attached hydrogens (tertiary/aromatic N) is 6. The van der Waals surface area contributed by atoms with Gasteiger partial charge in [-0.15, -0.1) is 0 Å². The third-order valence-electron chi connectivity index (χ3n) is 5.78. The minimum atomic E-state index is -0.0651. The standard InChI is InChI=1S/C21H24N6O2/c1-15-12-19(24-29-15)21(28)27-10-8-25(9-11-27)16-4-5-18-17(13-16)20(23-14-22-18)26-6-2-3-7-26/h4-5,12-14H,2-3,6-11H2,1H3. The zero-order valence-corrected chi connectivity index (χ0v) is 16.5. The van der Waals surface area contributed by atoms with Crippen molar-refractivity contribution in [3.63, 3.8) is 0 Å². The van der Waals surface area contributed by atoms with Crippen molar-refractivity contribution in [2.45, 2.75) is 19.8 Å². The molecule has 0 unspecified atom stereocenters. The Morgan fingerprint density at radius 3 is 2.48 bits per heavy atom. The topological polar surface area (TPSA) is 78.6 Å². The van der Waals surface area contributed by atoms with Crippen LogP contribution in [0.5, 0.6) is 0 Å². The van der Waals surface area contributed by atoms with Crippen LogP contribution in [0.1, 0.15) is 29.1 Å². The highest BCUT2D eigenvalue weighted by Crippen LogP contribution is 2.30. The first-order valence-electron chi connectivity index (χ1n) is 10.2. The van der Waals surface area contributed by atoms with Crippen molar-refractivity contribution < 1.29 is 9.32 Å². The molecule has 150 valence electrons. The van der Waals surface area contributed by atoms with Crippen molar-refractivity contribution in [2.24, 2.45) is 0 Å². The summed E-state index contributed by atoms with van der Waals surface area (Å²) in [5, 5.41) is 4.95. The fourth-order valence-corrected chi connectivity index (χ4v) is 4.21. The van der Waals surface area contributed by atoms with Gasteiger partial charge in [0.2, 0.25) is 0 Å². The number of benzene rings is 1. The van der Waals surface area contributed by atoms with E-state index in [0.717, 1.165) is 48.6 Å². The summed E-state index contributed by atoms with van der Waals surface area (Å²) >= 11 is 0. The van der Waals surface area contributed by atoms with Gasteiger partial charge >= 0.3 is 0 Å². The summed E-state index contributed by atoms with van der Waals surface area (Å²) < 4.78 is 5.04. The Kier molecular flexibility index (Phi) is 4.54. The average Bonchev–Trinajstić information content (AvgIpc) is 3.44. The number of aryl methyl sites for hydroxylation is 1. The molecule has 3 aromatic rings. The Morgan fingerprint density at radius 1 is 0.966 bits per heavy atom. The molecule has 2 aliphatic rings. The molecule has 2 aliphatic heterocycles. The Hall–Kier alpha value is -3.16. The first-order valence-corrected chi connectivity index (χ1v) is 10.2. The molecule has 0 aliphatic carbocycles. The van der Waals surface area contributed by atoms with Crippen LogP contribution < -0.4 is 9.80 Å². The highest BCUT2D eigenvalue weighted by molar-refractivity contribution is 5.93. The van der Waals surface area contributed by atoms with Crippen molar-refractivity contribution in [1.82, 2.24) is 20.0 Å². The second-order valence-electron chi connectivity index (χ2n) is 7.69. The molecular formula is C21H24N6O2. The van der Waals surface area contributed by atoms with E-state index in [9.17, 15) is 4.79 Å². The molecule has 0 bridgehead atoms. The van der Waals surface area contributed by atoms with Gasteiger partial charge in [0.05, 0.1) is 5.52 Å². The van der Waals surface area contributed by atoms with Crippen LogP contribution in [-0.4, -0.2) is 65.2 Å². The fraction of sp³-hybridized carbons (Fsp3) is 0.429. The molecule has 0 saturated carbocycles. The van der Waals surface area contributed by atoms with Gasteiger partial charge in [-0.3, -0.25) is 4.79 Å². The van der Waals surface area contributed by atoms with Crippen LogP contribution in [0, 0.1) is 6.92 Å². The number of carbonyl (C=O) groups excluding carboxylic acids is 1. The highest BCUT2D eigenvalue weighted by Gasteiger charge is 2.25. The summed E-state index contributed by atoms with van der Waals surface area (Å²) in [5.74, 6) is 1.62. The molecule has 1 aromatic carbocycles. The van der Waals surface area contributed by atoms with Crippen LogP contribution in [0.2, 0.25) is 0 Å². The lowest BCUT2D eigenvalue weighted by atomic mass is 10.1. The van der Waals surface area contributed by atoms with Gasteiger partial charge in [-0.2, -0.15) is 0 Å². The summed E-state index contributed by atoms with van der Waals surface area (Å²) in [7, 11) is 0. The number of rotatable bonds is 3. The number of anilines is 2. The lowest BCUT2D eigenvalue weighted by Gasteiger charge is -2.36. The molecule has 2 saturated heterocycles. The normalized spacial score (nSPS) is 17.3. The maximum atomic E-state index is 12.6. The third-order valence-corrected chi connectivity index (χ3v) is 5.78. The summed E-state index contributed by atoms with van der Waals surface area (Å²) in [5.41, 5.74) is 2.51. The van der Waals surface area contributed by atoms with E-state index in [1.165, 1.54) is 12.8 Å². The molecule has 1 amide bonds. The van der Waals surface area contributed by atoms with E-state index in [4.69, 9.17) is 4.52 Å². The van der Waals surface area contributed by atoms with Gasteiger partial charge in [0.1, 0.15) is 17.9 Å². The smallest absolute Gasteiger partial charge is 0.276 e. The van der Waals surface area contributed by atoms with E-state index in [1.807, 2.05) is 4.90 Å². The lowest BCUT2D eigenvalue weighted by molar-refractivity contribution is 0.0736. The zero-order valence-electron chi connectivity index (χ0n) is 16.5. The Balaban J connectivity index is 1.34. The predicted molar refractivity (Wildman–Crippen MR) is 110 cm³/mol. The minimum Gasteiger partial charge on any atom is -0.368 e. The highest BCUT2D eigenvalue weighted by atomic mass is 16.5. The van der Waals surface area contributed by atoms with Crippen molar-refractivity contribution in [3.8, 4) is 0 Å². The van der Waals surface area contributed by atoms with Crippen molar-refractivity contribution >= 4 is 28.3 Å². The summed E-state index contributed by atoms with van der Waals surface area (Å²) in [4.78, 5) is 28.1. The van der Waals surface area contributed by atoms with E-state index in [2.05, 4.69) is 43.1 Å². The number of aromatic nitrogens is 3. The molecule has 2 fully saturated rings. The van der Waals surface area contributed by atoms with Gasteiger partial charge in [0.25, 0.3) is 5.91 Å². The molecule has 8 nitrogen and oxygen atoms in total. The number of hydrogen-bond donors (Lipinski definition) is 0. The van der Waals surface area contributed by atoms with Gasteiger partial charge < -0.3 is 19.2 Å². The monoisotopic (exact) mass is 392 g/mol. The van der Waals surface area contributed by atoms with E-state index >= 15 is 0 Å². The molecule has 0 radical (unpaired) electrons. The second-order valence-corrected chi connectivity index (χ2v) is 7.69. The Morgan fingerprint density at radius 2 is 1.76 bits per heavy atom. The number of carbonyl (C=O) groups is 1. The average molecular weight is 392 g/mol. The summed E-state index contributed by atoms with van der Waals surface area (Å²) in [6, 6.07) is 8.07. The molecule has 29 heavy (non-hydrogen) atoms. The van der Waals surface area contributed by atoms with Gasteiger partial charge in [-0.05, 0) is 38.0 Å². The number of piperazine rings is 1. The number of amides is 1. The Labute approximate surface area is 169 Å². The summed E-state index contributed by atoms with van der Waals surface area (Å²) in [6.45, 7) is 6.78. The molecule has 4 heterocycles. The van der Waals surface area contributed by atoms with Gasteiger partial charge in [0, 0.05) is 56.4 Å². The largest absolute Gasteiger partial charge is 0.368 e. The van der Waals surface area contributed by atoms with Crippen LogP contribution in [-0.2, 0) is 0 Å². The maximum Gasteiger partial charge on any atom is 0.276 e. The molecule has 5 rings (SSSR count). The van der Waals surface area contributed by atoms with Crippen molar-refractivity contribution in [3.05, 3.63) is 42.0 Å². The van der Waals surface area contributed by atoms with Crippen molar-refractivity contribution in [1.29, 1.82) is 0 Å². The van der Waals surface area contributed by atoms with Gasteiger partial charge in [0.15, 0.2) is 5.69 Å². The van der Waals surface area contributed by atoms with Crippen molar-refractivity contribution in [2.75, 3.05) is 49.1 Å². The van der Waals surface area contributed by atoms with E-state index in [1.54, 1.807) is 19.3 Å². The van der Waals surface area contributed by atoms with Gasteiger partial charge in [-0.1, -0.05) is 5.16 Å². The van der Waals surface area contributed by atoms with E-state index in [-0.39, 0.29) is 5.91 Å². The van der Waals surface area contributed by atoms with Crippen LogP contribution in [0.4, 0.5) is 11.5 Å². The fourth-order valence-electron chi connectivity index (χ4n) is 4.21. The lowest BCUT2D eigenvalue weighted by Crippen LogP contribution is -2.48. The predicted octanol–water partition coefficient (Wildman–Crippen LogP) is 2.49. The van der Waals surface area contributed by atoms with Crippen LogP contribution in [0.3, 0.4) is 0 Å². The van der Waals surface area contributed by atoms with Crippen LogP contribution in [0.15, 0.2) is 35.1 Å². The maximum absolute atomic E-state index is 12.6. The van der Waals surface area contributed by atoms with Gasteiger partial charge in [-0.25, -0.2) is 9.97 Å². The third kappa shape index (κ3) is 3.39. The summed E-state index contributed by atoms with van der Waals surface area (Å²) in [6.07, 6.45) is 4.09. The number of hydrogen-bond acceptors (Lipinski definition) is 7. The SMILES string of the molecule is Cc1cc(C(=O)N2CCN(c3ccc4ncnc(N5CCCC5)c4c3)CC2)no1. The van der Waals surface area contributed by atoms with Crippen LogP contribution in [0.25, 0.3) is 10.9 Å². The Bertz CT molecular complexity index is 1030.